The number of rotatable bonds is 20. The number of carbonyl (C=O) groups is 5. The van der Waals surface area contributed by atoms with Gasteiger partial charge in [0.05, 0.1) is 39.3 Å². The Morgan fingerprint density at radius 2 is 1.10 bits per heavy atom. The predicted octanol–water partition coefficient (Wildman–Crippen LogP) is -1.44. The molecule has 14 nitrogen and oxygen atoms in total. The molecule has 0 spiro atoms. The van der Waals surface area contributed by atoms with E-state index in [1.165, 1.54) is 9.80 Å². The third-order valence-corrected chi connectivity index (χ3v) is 5.18. The van der Waals surface area contributed by atoms with Crippen LogP contribution in [-0.4, -0.2) is 194 Å². The molecule has 0 heterocycles. The first-order valence-corrected chi connectivity index (χ1v) is 11.4. The molecule has 3 radical (unpaired) electrons. The van der Waals surface area contributed by atoms with Crippen LogP contribution in [0.2, 0.25) is 0 Å². The third kappa shape index (κ3) is 20.5. The second-order valence-corrected chi connectivity index (χ2v) is 8.25. The quantitative estimate of drug-likeness (QED) is 0.0976. The maximum absolute atomic E-state index is 11.5. The van der Waals surface area contributed by atoms with Gasteiger partial charge in [0, 0.05) is 84.8 Å². The molecule has 1 aromatic rings. The Labute approximate surface area is 308 Å². The van der Waals surface area contributed by atoms with Gasteiger partial charge in [-0.3, -0.25) is 38.7 Å². The standard InChI is InChI=1S/C23H33N3O11.Gd.2Na/c1-2-37-18-5-3-16(4-6-18)9-17(26(14-22(33)34)15-23(35)36)10-24(11-19(27)28)7-8-25(12-20(29)30)13-21(31)32;;;/h3-6,17H,2,7-15H2,1H3,(H,27,28)(H,29,30)(H,31,32)(H,33,34)(H,35,36);;;/q;+3;;. The van der Waals surface area contributed by atoms with Crippen LogP contribution in [0.3, 0.4) is 0 Å². The minimum absolute atomic E-state index is 0. The first-order chi connectivity index (χ1) is 17.4. The number of carboxylic acid groups (broad SMARTS) is 5. The van der Waals surface area contributed by atoms with Crippen molar-refractivity contribution in [3.8, 4) is 5.75 Å². The molecule has 0 saturated carbocycles. The van der Waals surface area contributed by atoms with E-state index in [-0.39, 0.29) is 125 Å². The molecule has 1 unspecified atom stereocenters. The van der Waals surface area contributed by atoms with Crippen molar-refractivity contribution in [2.24, 2.45) is 0 Å². The van der Waals surface area contributed by atoms with E-state index in [0.717, 1.165) is 10.5 Å². The monoisotopic (exact) mass is 731 g/mol. The average molecular weight is 731 g/mol. The zero-order valence-electron chi connectivity index (χ0n) is 22.8. The van der Waals surface area contributed by atoms with E-state index in [2.05, 4.69) is 0 Å². The fourth-order valence-electron chi connectivity index (χ4n) is 3.73. The minimum Gasteiger partial charge on any atom is -0.494 e. The molecule has 0 aliphatic rings. The first-order valence-electron chi connectivity index (χ1n) is 11.4. The number of carboxylic acids is 5. The van der Waals surface area contributed by atoms with Gasteiger partial charge < -0.3 is 30.3 Å². The molecule has 0 aliphatic carbocycles. The Morgan fingerprint density at radius 3 is 1.50 bits per heavy atom. The van der Waals surface area contributed by atoms with Crippen LogP contribution >= 0.6 is 0 Å². The predicted molar refractivity (Wildman–Crippen MR) is 139 cm³/mol. The number of nitrogens with zero attached hydrogens (tertiary/aromatic N) is 3. The second kappa shape index (κ2) is 24.1. The summed E-state index contributed by atoms with van der Waals surface area (Å²) in [5.41, 5.74) is 0.725. The van der Waals surface area contributed by atoms with E-state index >= 15 is 0 Å². The zero-order chi connectivity index (χ0) is 28.0. The Bertz CT molecular complexity index is 909. The van der Waals surface area contributed by atoms with Crippen molar-refractivity contribution >= 4 is 89.0 Å². The fourth-order valence-corrected chi connectivity index (χ4v) is 3.73. The largest absolute Gasteiger partial charge is 3.00 e. The fraction of sp³-hybridized carbons (Fsp3) is 0.522. The maximum Gasteiger partial charge on any atom is 3.00 e. The van der Waals surface area contributed by atoms with Gasteiger partial charge in [-0.25, -0.2) is 0 Å². The molecule has 0 saturated heterocycles. The zero-order valence-corrected chi connectivity index (χ0v) is 29.1. The summed E-state index contributed by atoms with van der Waals surface area (Å²) < 4.78 is 5.41. The van der Waals surface area contributed by atoms with Gasteiger partial charge >= 0.3 is 69.8 Å². The molecule has 213 valence electrons. The normalized spacial score (nSPS) is 11.1. The molecule has 0 aliphatic heterocycles. The second-order valence-electron chi connectivity index (χ2n) is 8.25. The van der Waals surface area contributed by atoms with E-state index in [0.29, 0.717) is 12.4 Å². The van der Waals surface area contributed by atoms with Crippen LogP contribution in [0.5, 0.6) is 5.75 Å². The van der Waals surface area contributed by atoms with Crippen LogP contribution in [0, 0.1) is 39.9 Å². The van der Waals surface area contributed by atoms with Gasteiger partial charge in [-0.15, -0.1) is 0 Å². The van der Waals surface area contributed by atoms with Crippen LogP contribution in [0.15, 0.2) is 24.3 Å². The Hall–Kier alpha value is -0.425. The van der Waals surface area contributed by atoms with Gasteiger partial charge in [-0.1, -0.05) is 12.1 Å². The van der Waals surface area contributed by atoms with Gasteiger partial charge in [0.1, 0.15) is 5.75 Å². The Kier molecular flexibility index (Phi) is 26.5. The summed E-state index contributed by atoms with van der Waals surface area (Å²) in [6, 6.07) is 6.14. The average Bonchev–Trinajstić information content (AvgIpc) is 2.76. The molecule has 0 aromatic heterocycles. The molecule has 1 rings (SSSR count). The molecule has 40 heavy (non-hydrogen) atoms. The summed E-state index contributed by atoms with van der Waals surface area (Å²) in [6.07, 6.45) is 0.178. The smallest absolute Gasteiger partial charge is 0.494 e. The molecular formula is C23H33GdN3Na2O11+3. The van der Waals surface area contributed by atoms with Crippen molar-refractivity contribution in [2.75, 3.05) is 59.0 Å². The molecule has 0 amide bonds. The number of aliphatic carboxylic acids is 5. The maximum atomic E-state index is 11.5. The number of benzene rings is 1. The summed E-state index contributed by atoms with van der Waals surface area (Å²) in [5, 5.41) is 46.2. The van der Waals surface area contributed by atoms with Gasteiger partial charge in [-0.2, -0.15) is 0 Å². The third-order valence-electron chi connectivity index (χ3n) is 5.18. The van der Waals surface area contributed by atoms with E-state index in [1.54, 1.807) is 24.3 Å². The van der Waals surface area contributed by atoms with E-state index in [4.69, 9.17) is 14.9 Å². The minimum atomic E-state index is -1.27. The summed E-state index contributed by atoms with van der Waals surface area (Å²) in [7, 11) is 0. The van der Waals surface area contributed by atoms with Crippen LogP contribution in [0.25, 0.3) is 0 Å². The molecule has 1 aromatic carbocycles. The summed E-state index contributed by atoms with van der Waals surface area (Å²) >= 11 is 0. The van der Waals surface area contributed by atoms with Crippen molar-refractivity contribution in [1.29, 1.82) is 0 Å². The Morgan fingerprint density at radius 1 is 0.700 bits per heavy atom. The van der Waals surface area contributed by atoms with Gasteiger partial charge in [0.2, 0.25) is 0 Å². The first kappa shape index (κ1) is 44.0. The topological polar surface area (TPSA) is 205 Å². The van der Waals surface area contributed by atoms with Gasteiger partial charge in [0.15, 0.2) is 0 Å². The van der Waals surface area contributed by atoms with Crippen molar-refractivity contribution in [2.45, 2.75) is 19.4 Å². The van der Waals surface area contributed by atoms with Gasteiger partial charge in [-0.05, 0) is 31.0 Å². The number of ether oxygens (including phenoxy) is 1. The molecular weight excluding hydrogens is 697 g/mol. The number of hydrogen-bond donors (Lipinski definition) is 5. The Balaban J connectivity index is -0.00000456. The molecule has 0 bridgehead atoms. The van der Waals surface area contributed by atoms with Crippen LogP contribution in [-0.2, 0) is 30.4 Å². The van der Waals surface area contributed by atoms with Crippen LogP contribution < -0.4 is 4.74 Å². The molecule has 17 heteroatoms. The van der Waals surface area contributed by atoms with Crippen molar-refractivity contribution in [3.63, 3.8) is 0 Å². The van der Waals surface area contributed by atoms with Crippen LogP contribution in [0.4, 0.5) is 0 Å². The van der Waals surface area contributed by atoms with Crippen LogP contribution in [0.1, 0.15) is 12.5 Å². The summed E-state index contributed by atoms with van der Waals surface area (Å²) in [5.74, 6) is -5.65. The van der Waals surface area contributed by atoms with Crippen molar-refractivity contribution < 1.29 is 94.2 Å². The van der Waals surface area contributed by atoms with E-state index in [9.17, 15) is 39.3 Å². The summed E-state index contributed by atoms with van der Waals surface area (Å²) in [4.78, 5) is 60.4. The van der Waals surface area contributed by atoms with Crippen molar-refractivity contribution in [3.05, 3.63) is 29.8 Å². The molecule has 0 fully saturated rings. The van der Waals surface area contributed by atoms with E-state index in [1.807, 2.05) is 6.92 Å². The molecule has 1 atom stereocenters. The summed E-state index contributed by atoms with van der Waals surface area (Å²) in [6.45, 7) is -0.837. The van der Waals surface area contributed by atoms with Crippen molar-refractivity contribution in [1.82, 2.24) is 14.7 Å². The number of hydrogen-bond acceptors (Lipinski definition) is 9. The SMILES string of the molecule is CCOc1ccc(CC(CN(CCN(CC(=O)O)CC(=O)O)CC(=O)O)N(CC(=O)O)CC(=O)O)cc1.[Gd+3].[Na].[Na]. The van der Waals surface area contributed by atoms with Gasteiger partial charge in [0.25, 0.3) is 0 Å². The molecule has 5 N–H and O–H groups in total. The van der Waals surface area contributed by atoms with E-state index < -0.39 is 68.6 Å².